The lowest BCUT2D eigenvalue weighted by atomic mass is 10.2. The average Bonchev–Trinajstić information content (AvgIpc) is 2.47. The molecule has 21 heavy (non-hydrogen) atoms. The molecule has 0 saturated heterocycles. The maximum absolute atomic E-state index is 13.7. The minimum Gasteiger partial charge on any atom is -0.354 e. The van der Waals surface area contributed by atoms with Gasteiger partial charge in [-0.25, -0.2) is 4.39 Å². The van der Waals surface area contributed by atoms with Gasteiger partial charge in [0.05, 0.1) is 0 Å². The summed E-state index contributed by atoms with van der Waals surface area (Å²) in [5.41, 5.74) is 0.569. The molecule has 0 aliphatic carbocycles. The Labute approximate surface area is 128 Å². The fourth-order valence-electron chi connectivity index (χ4n) is 1.78. The molecule has 0 radical (unpaired) electrons. The number of aromatic nitrogens is 3. The third-order valence-electron chi connectivity index (χ3n) is 2.84. The van der Waals surface area contributed by atoms with Gasteiger partial charge in [0.1, 0.15) is 5.82 Å². The molecule has 0 aliphatic heterocycles. The van der Waals surface area contributed by atoms with E-state index in [1.165, 1.54) is 6.07 Å². The number of rotatable bonds is 6. The number of nitrogens with zero attached hydrogens (tertiary/aromatic N) is 4. The van der Waals surface area contributed by atoms with Crippen molar-refractivity contribution in [3.63, 3.8) is 0 Å². The van der Waals surface area contributed by atoms with Gasteiger partial charge in [0.2, 0.25) is 17.2 Å². The van der Waals surface area contributed by atoms with Crippen LogP contribution in [0.5, 0.6) is 0 Å². The summed E-state index contributed by atoms with van der Waals surface area (Å²) in [5, 5.41) is 3.17. The first kappa shape index (κ1) is 15.4. The van der Waals surface area contributed by atoms with Gasteiger partial charge in [-0.05, 0) is 24.1 Å². The molecule has 1 aromatic heterocycles. The van der Waals surface area contributed by atoms with Gasteiger partial charge in [0, 0.05) is 25.7 Å². The highest BCUT2D eigenvalue weighted by Gasteiger charge is 2.11. The van der Waals surface area contributed by atoms with Gasteiger partial charge < -0.3 is 10.2 Å². The molecule has 1 N–H and O–H groups in total. The summed E-state index contributed by atoms with van der Waals surface area (Å²) < 4.78 is 13.7. The van der Waals surface area contributed by atoms with E-state index < -0.39 is 0 Å². The Morgan fingerprint density at radius 2 is 2.00 bits per heavy atom. The fourth-order valence-corrected chi connectivity index (χ4v) is 1.93. The van der Waals surface area contributed by atoms with Crippen molar-refractivity contribution in [2.75, 3.05) is 23.8 Å². The Morgan fingerprint density at radius 3 is 2.71 bits per heavy atom. The molecular formula is C14H17ClFN5. The van der Waals surface area contributed by atoms with Crippen molar-refractivity contribution < 1.29 is 4.39 Å². The Balaban J connectivity index is 2.16. The number of hydrogen-bond acceptors (Lipinski definition) is 5. The molecule has 0 amide bonds. The lowest BCUT2D eigenvalue weighted by Crippen LogP contribution is -2.21. The molecule has 1 aromatic carbocycles. The molecule has 0 unspecified atom stereocenters. The normalized spacial score (nSPS) is 10.5. The van der Waals surface area contributed by atoms with Crippen LogP contribution in [0, 0.1) is 5.82 Å². The zero-order valence-electron chi connectivity index (χ0n) is 12.0. The zero-order valence-corrected chi connectivity index (χ0v) is 12.7. The molecule has 7 heteroatoms. The van der Waals surface area contributed by atoms with E-state index in [2.05, 4.69) is 20.3 Å². The molecule has 0 saturated carbocycles. The highest BCUT2D eigenvalue weighted by molar-refractivity contribution is 6.28. The van der Waals surface area contributed by atoms with Gasteiger partial charge >= 0.3 is 0 Å². The topological polar surface area (TPSA) is 53.9 Å². The van der Waals surface area contributed by atoms with Crippen molar-refractivity contribution in [3.8, 4) is 0 Å². The van der Waals surface area contributed by atoms with E-state index in [1.54, 1.807) is 30.1 Å². The van der Waals surface area contributed by atoms with Crippen LogP contribution in [-0.2, 0) is 6.54 Å². The Bertz CT molecular complexity index is 608. The molecule has 112 valence electrons. The largest absolute Gasteiger partial charge is 0.354 e. The summed E-state index contributed by atoms with van der Waals surface area (Å²) in [6.45, 7) is 3.14. The molecule has 0 fully saturated rings. The monoisotopic (exact) mass is 309 g/mol. The number of benzene rings is 1. The van der Waals surface area contributed by atoms with Crippen LogP contribution in [-0.4, -0.2) is 28.5 Å². The molecule has 0 atom stereocenters. The van der Waals surface area contributed by atoms with Gasteiger partial charge in [-0.2, -0.15) is 15.0 Å². The van der Waals surface area contributed by atoms with E-state index in [1.807, 2.05) is 6.92 Å². The predicted molar refractivity (Wildman–Crippen MR) is 82.1 cm³/mol. The zero-order chi connectivity index (χ0) is 15.2. The SMILES string of the molecule is CCCNc1nc(Cl)nc(N(C)Cc2ccccc2F)n1. The van der Waals surface area contributed by atoms with Crippen molar-refractivity contribution in [2.45, 2.75) is 19.9 Å². The second-order valence-electron chi connectivity index (χ2n) is 4.60. The van der Waals surface area contributed by atoms with Crippen molar-refractivity contribution in [1.82, 2.24) is 15.0 Å². The van der Waals surface area contributed by atoms with Crippen LogP contribution in [0.3, 0.4) is 0 Å². The van der Waals surface area contributed by atoms with Gasteiger partial charge in [-0.3, -0.25) is 0 Å². The molecular weight excluding hydrogens is 293 g/mol. The fraction of sp³-hybridized carbons (Fsp3) is 0.357. The molecule has 2 rings (SSSR count). The van der Waals surface area contributed by atoms with E-state index in [0.29, 0.717) is 24.0 Å². The summed E-state index contributed by atoms with van der Waals surface area (Å²) >= 11 is 5.90. The molecule has 5 nitrogen and oxygen atoms in total. The number of anilines is 2. The quantitative estimate of drug-likeness (QED) is 0.888. The minimum atomic E-state index is -0.256. The summed E-state index contributed by atoms with van der Waals surface area (Å²) in [6.07, 6.45) is 0.948. The van der Waals surface area contributed by atoms with Crippen LogP contribution in [0.2, 0.25) is 5.28 Å². The number of hydrogen-bond donors (Lipinski definition) is 1. The van der Waals surface area contributed by atoms with Crippen LogP contribution in [0.15, 0.2) is 24.3 Å². The van der Waals surface area contributed by atoms with Crippen LogP contribution < -0.4 is 10.2 Å². The second kappa shape index (κ2) is 7.17. The van der Waals surface area contributed by atoms with Crippen LogP contribution in [0.4, 0.5) is 16.3 Å². The van der Waals surface area contributed by atoms with Crippen LogP contribution in [0.1, 0.15) is 18.9 Å². The van der Waals surface area contributed by atoms with Crippen LogP contribution >= 0.6 is 11.6 Å². The Hall–Kier alpha value is -1.95. The summed E-state index contributed by atoms with van der Waals surface area (Å²) in [7, 11) is 1.78. The van der Waals surface area contributed by atoms with Crippen molar-refractivity contribution in [1.29, 1.82) is 0 Å². The van der Waals surface area contributed by atoms with E-state index in [9.17, 15) is 4.39 Å². The lowest BCUT2D eigenvalue weighted by molar-refractivity contribution is 0.607. The minimum absolute atomic E-state index is 0.110. The van der Waals surface area contributed by atoms with Crippen molar-refractivity contribution >= 4 is 23.5 Å². The van der Waals surface area contributed by atoms with Crippen molar-refractivity contribution in [2.24, 2.45) is 0 Å². The van der Waals surface area contributed by atoms with E-state index >= 15 is 0 Å². The van der Waals surface area contributed by atoms with Gasteiger partial charge in [-0.15, -0.1) is 0 Å². The van der Waals surface area contributed by atoms with Gasteiger partial charge in [-0.1, -0.05) is 25.1 Å². The third kappa shape index (κ3) is 4.26. The second-order valence-corrected chi connectivity index (χ2v) is 4.94. The molecule has 1 heterocycles. The van der Waals surface area contributed by atoms with Crippen LogP contribution in [0.25, 0.3) is 0 Å². The summed E-state index contributed by atoms with van der Waals surface area (Å²) in [6, 6.07) is 6.61. The maximum atomic E-state index is 13.7. The van der Waals surface area contributed by atoms with E-state index in [-0.39, 0.29) is 11.1 Å². The molecule has 0 bridgehead atoms. The van der Waals surface area contributed by atoms with E-state index in [4.69, 9.17) is 11.6 Å². The number of halogens is 2. The molecule has 0 spiro atoms. The highest BCUT2D eigenvalue weighted by Crippen LogP contribution is 2.16. The Morgan fingerprint density at radius 1 is 1.24 bits per heavy atom. The molecule has 2 aromatic rings. The first-order valence-corrected chi connectivity index (χ1v) is 7.08. The summed E-state index contributed by atoms with van der Waals surface area (Å²) in [5.74, 6) is 0.568. The first-order chi connectivity index (χ1) is 10.1. The number of nitrogens with one attached hydrogen (secondary N) is 1. The van der Waals surface area contributed by atoms with E-state index in [0.717, 1.165) is 13.0 Å². The van der Waals surface area contributed by atoms with Crippen molar-refractivity contribution in [3.05, 3.63) is 40.9 Å². The predicted octanol–water partition coefficient (Wildman–Crippen LogP) is 3.12. The highest BCUT2D eigenvalue weighted by atomic mass is 35.5. The maximum Gasteiger partial charge on any atom is 0.231 e. The molecule has 0 aliphatic rings. The van der Waals surface area contributed by atoms with Gasteiger partial charge in [0.15, 0.2) is 0 Å². The van der Waals surface area contributed by atoms with Gasteiger partial charge in [0.25, 0.3) is 0 Å². The first-order valence-electron chi connectivity index (χ1n) is 6.70. The average molecular weight is 310 g/mol. The smallest absolute Gasteiger partial charge is 0.231 e. The third-order valence-corrected chi connectivity index (χ3v) is 3.01. The summed E-state index contributed by atoms with van der Waals surface area (Å²) in [4.78, 5) is 14.1. The Kier molecular flexibility index (Phi) is 5.27. The lowest BCUT2D eigenvalue weighted by Gasteiger charge is -2.18. The standard InChI is InChI=1S/C14H17ClFN5/c1-3-8-17-13-18-12(15)19-14(20-13)21(2)9-10-6-4-5-7-11(10)16/h4-7H,3,8-9H2,1-2H3,(H,17,18,19,20).